The van der Waals surface area contributed by atoms with Gasteiger partial charge in [-0.25, -0.2) is 9.97 Å². The highest BCUT2D eigenvalue weighted by Crippen LogP contribution is 2.36. The maximum Gasteiger partial charge on any atom is 0.498 e. The molecule has 0 unspecified atom stereocenters. The third-order valence-electron chi connectivity index (χ3n) is 5.70. The van der Waals surface area contributed by atoms with Gasteiger partial charge in [0.2, 0.25) is 0 Å². The number of aliphatic hydroxyl groups excluding tert-OH is 2. The van der Waals surface area contributed by atoms with Crippen LogP contribution in [0.25, 0.3) is 0 Å². The van der Waals surface area contributed by atoms with Crippen LogP contribution >= 0.6 is 0 Å². The van der Waals surface area contributed by atoms with Crippen LogP contribution in [0.15, 0.2) is 12.4 Å². The lowest BCUT2D eigenvalue weighted by Crippen LogP contribution is -2.45. The van der Waals surface area contributed by atoms with Crippen LogP contribution in [0.3, 0.4) is 0 Å². The fraction of sp³-hybridized carbons (Fsp3) is 0.722. The van der Waals surface area contributed by atoms with E-state index in [4.69, 9.17) is 19.2 Å². The van der Waals surface area contributed by atoms with E-state index >= 15 is 0 Å². The van der Waals surface area contributed by atoms with E-state index in [1.807, 2.05) is 27.7 Å². The number of rotatable bonds is 6. The van der Waals surface area contributed by atoms with Crippen molar-refractivity contribution in [2.45, 2.75) is 63.9 Å². The summed E-state index contributed by atoms with van der Waals surface area (Å²) in [4.78, 5) is 22.1. The molecular formula is C18H28BN3O6. The summed E-state index contributed by atoms with van der Waals surface area (Å²) in [5.41, 5.74) is -0.177. The number of hydrogen-bond acceptors (Lipinski definition) is 8. The van der Waals surface area contributed by atoms with Gasteiger partial charge in [-0.15, -0.1) is 0 Å². The SMILES string of the molecule is CC1(C)OB(c2cnc(OC[C@H]3CCCN3C(=O)[C@H](O)CO)nc2)OC1(C)C. The van der Waals surface area contributed by atoms with Gasteiger partial charge < -0.3 is 29.2 Å². The van der Waals surface area contributed by atoms with Crippen LogP contribution in [0.5, 0.6) is 6.01 Å². The minimum absolute atomic E-state index is 0.180. The lowest BCUT2D eigenvalue weighted by molar-refractivity contribution is -0.143. The molecule has 3 heterocycles. The molecule has 0 spiro atoms. The van der Waals surface area contributed by atoms with E-state index < -0.39 is 36.9 Å². The van der Waals surface area contributed by atoms with Crippen molar-refractivity contribution >= 4 is 18.5 Å². The number of aliphatic hydroxyl groups is 2. The molecule has 10 heteroatoms. The molecular weight excluding hydrogens is 365 g/mol. The average molecular weight is 393 g/mol. The highest BCUT2D eigenvalue weighted by molar-refractivity contribution is 6.61. The Kier molecular flexibility index (Phi) is 5.95. The third-order valence-corrected chi connectivity index (χ3v) is 5.70. The Morgan fingerprint density at radius 3 is 2.50 bits per heavy atom. The van der Waals surface area contributed by atoms with Crippen molar-refractivity contribution < 1.29 is 29.1 Å². The lowest BCUT2D eigenvalue weighted by Gasteiger charge is -2.32. The Bertz CT molecular complexity index is 683. The Balaban J connectivity index is 1.57. The molecule has 2 fully saturated rings. The van der Waals surface area contributed by atoms with E-state index in [0.29, 0.717) is 12.0 Å². The number of ether oxygens (including phenoxy) is 1. The number of carbonyl (C=O) groups is 1. The zero-order valence-electron chi connectivity index (χ0n) is 16.8. The van der Waals surface area contributed by atoms with Crippen molar-refractivity contribution in [3.63, 3.8) is 0 Å². The van der Waals surface area contributed by atoms with Crippen LogP contribution in [0, 0.1) is 0 Å². The van der Waals surface area contributed by atoms with E-state index in [2.05, 4.69) is 9.97 Å². The third kappa shape index (κ3) is 4.14. The molecule has 2 aliphatic heterocycles. The summed E-state index contributed by atoms with van der Waals surface area (Å²) in [6, 6.07) is 0.0161. The zero-order chi connectivity index (χ0) is 20.5. The van der Waals surface area contributed by atoms with Crippen molar-refractivity contribution in [2.75, 3.05) is 19.8 Å². The molecule has 2 saturated heterocycles. The van der Waals surface area contributed by atoms with Gasteiger partial charge in [-0.05, 0) is 40.5 Å². The van der Waals surface area contributed by atoms with Gasteiger partial charge in [-0.2, -0.15) is 0 Å². The molecule has 9 nitrogen and oxygen atoms in total. The van der Waals surface area contributed by atoms with Crippen LogP contribution in [0.2, 0.25) is 0 Å². The predicted octanol–water partition coefficient (Wildman–Crippen LogP) is -0.501. The number of likely N-dealkylation sites (tertiary alicyclic amines) is 1. The second-order valence-electron chi connectivity index (χ2n) is 8.22. The summed E-state index contributed by atoms with van der Waals surface area (Å²) < 4.78 is 17.6. The van der Waals surface area contributed by atoms with Crippen molar-refractivity contribution in [2.24, 2.45) is 0 Å². The topological polar surface area (TPSA) is 114 Å². The van der Waals surface area contributed by atoms with Crippen LogP contribution in [0.1, 0.15) is 40.5 Å². The van der Waals surface area contributed by atoms with Gasteiger partial charge in [-0.3, -0.25) is 4.79 Å². The Morgan fingerprint density at radius 2 is 1.93 bits per heavy atom. The molecule has 0 radical (unpaired) electrons. The Morgan fingerprint density at radius 1 is 1.32 bits per heavy atom. The lowest BCUT2D eigenvalue weighted by atomic mass is 9.81. The van der Waals surface area contributed by atoms with E-state index in [9.17, 15) is 9.90 Å². The summed E-state index contributed by atoms with van der Waals surface area (Å²) in [6.07, 6.45) is 3.40. The molecule has 0 saturated carbocycles. The largest absolute Gasteiger partial charge is 0.498 e. The average Bonchev–Trinajstić information content (AvgIpc) is 3.20. The molecule has 2 aliphatic rings. The smallest absolute Gasteiger partial charge is 0.461 e. The predicted molar refractivity (Wildman–Crippen MR) is 101 cm³/mol. The van der Waals surface area contributed by atoms with Gasteiger partial charge in [-0.1, -0.05) is 0 Å². The standard InChI is InChI=1S/C18H28BN3O6/c1-17(2)18(3,4)28-19(27-17)12-8-20-16(21-9-12)26-11-13-6-5-7-22(13)15(25)14(24)10-23/h8-9,13-14,23-24H,5-7,10-11H2,1-4H3/t13-,14-/m1/s1. The molecule has 0 aromatic carbocycles. The van der Waals surface area contributed by atoms with E-state index in [-0.39, 0.29) is 18.7 Å². The molecule has 0 bridgehead atoms. The highest BCUT2D eigenvalue weighted by atomic mass is 16.7. The summed E-state index contributed by atoms with van der Waals surface area (Å²) in [6.45, 7) is 8.08. The molecule has 3 rings (SSSR count). The van der Waals surface area contributed by atoms with Crippen molar-refractivity contribution in [1.29, 1.82) is 0 Å². The van der Waals surface area contributed by atoms with Gasteiger partial charge in [0, 0.05) is 24.4 Å². The molecule has 0 aliphatic carbocycles. The first-order valence-corrected chi connectivity index (χ1v) is 9.54. The molecule has 28 heavy (non-hydrogen) atoms. The monoisotopic (exact) mass is 393 g/mol. The fourth-order valence-corrected chi connectivity index (χ4v) is 3.24. The summed E-state index contributed by atoms with van der Waals surface area (Å²) in [5, 5.41) is 18.5. The van der Waals surface area contributed by atoms with Crippen LogP contribution in [-0.4, -0.2) is 81.2 Å². The van der Waals surface area contributed by atoms with Gasteiger partial charge in [0.15, 0.2) is 6.10 Å². The molecule has 1 amide bonds. The number of amides is 1. The molecule has 2 N–H and O–H groups in total. The van der Waals surface area contributed by atoms with Gasteiger partial charge in [0.05, 0.1) is 23.9 Å². The van der Waals surface area contributed by atoms with E-state index in [1.165, 1.54) is 0 Å². The van der Waals surface area contributed by atoms with Crippen molar-refractivity contribution in [3.05, 3.63) is 12.4 Å². The van der Waals surface area contributed by atoms with Gasteiger partial charge in [0.1, 0.15) is 6.61 Å². The number of hydrogen-bond donors (Lipinski definition) is 2. The first-order valence-electron chi connectivity index (χ1n) is 9.54. The second-order valence-corrected chi connectivity index (χ2v) is 8.22. The van der Waals surface area contributed by atoms with Crippen LogP contribution < -0.4 is 10.2 Å². The van der Waals surface area contributed by atoms with E-state index in [0.717, 1.165) is 12.8 Å². The van der Waals surface area contributed by atoms with Gasteiger partial charge >= 0.3 is 13.1 Å². The maximum absolute atomic E-state index is 12.1. The second kappa shape index (κ2) is 7.94. The first kappa shape index (κ1) is 21.0. The molecule has 154 valence electrons. The first-order chi connectivity index (χ1) is 13.1. The normalized spacial score (nSPS) is 24.4. The van der Waals surface area contributed by atoms with E-state index in [1.54, 1.807) is 17.3 Å². The number of nitrogens with zero attached hydrogens (tertiary/aromatic N) is 3. The van der Waals surface area contributed by atoms with Crippen LogP contribution in [0.4, 0.5) is 0 Å². The Labute approximate surface area is 165 Å². The zero-order valence-corrected chi connectivity index (χ0v) is 16.8. The minimum atomic E-state index is -1.39. The van der Waals surface area contributed by atoms with Gasteiger partial charge in [0.25, 0.3) is 5.91 Å². The summed E-state index contributed by atoms with van der Waals surface area (Å²) in [5.74, 6) is -0.481. The molecule has 1 aromatic rings. The van der Waals surface area contributed by atoms with Crippen LogP contribution in [-0.2, 0) is 14.1 Å². The molecule has 2 atom stereocenters. The number of carbonyl (C=O) groups excluding carboxylic acids is 1. The highest BCUT2D eigenvalue weighted by Gasteiger charge is 2.52. The number of aromatic nitrogens is 2. The summed E-state index contributed by atoms with van der Waals surface area (Å²) >= 11 is 0. The Hall–Kier alpha value is -1.75. The quantitative estimate of drug-likeness (QED) is 0.622. The molecule has 1 aromatic heterocycles. The van der Waals surface area contributed by atoms with Crippen molar-refractivity contribution in [1.82, 2.24) is 14.9 Å². The minimum Gasteiger partial charge on any atom is -0.461 e. The maximum atomic E-state index is 12.1. The van der Waals surface area contributed by atoms with Crippen molar-refractivity contribution in [3.8, 4) is 6.01 Å². The summed E-state index contributed by atoms with van der Waals surface area (Å²) in [7, 11) is -0.540. The fourth-order valence-electron chi connectivity index (χ4n) is 3.24.